The second-order valence-electron chi connectivity index (χ2n) is 8.91. The summed E-state index contributed by atoms with van der Waals surface area (Å²) in [5.74, 6) is -0.557. The third kappa shape index (κ3) is 4.35. The van der Waals surface area contributed by atoms with Crippen LogP contribution >= 0.6 is 23.2 Å². The van der Waals surface area contributed by atoms with Crippen molar-refractivity contribution in [1.29, 1.82) is 0 Å². The quantitative estimate of drug-likeness (QED) is 0.604. The van der Waals surface area contributed by atoms with Crippen LogP contribution < -0.4 is 5.32 Å². The maximum Gasteiger partial charge on any atom is 0.304 e. The molecule has 4 rings (SSSR count). The fraction of sp³-hybridized carbons (Fsp3) is 0.417. The molecule has 4 nitrogen and oxygen atoms in total. The SMILES string of the molecule is C[C@@]1(CC(=O)O)C[C@H](c2cccc(Cl)c2)[C@@H](C(c2ccc(Cl)cc2)C2CC2)NC1=O. The first-order valence-corrected chi connectivity index (χ1v) is 11.1. The molecule has 1 saturated carbocycles. The molecule has 0 spiro atoms. The molecule has 1 amide bonds. The zero-order valence-corrected chi connectivity index (χ0v) is 18.3. The number of aliphatic carboxylic acids is 1. The molecule has 4 atom stereocenters. The number of nitrogens with one attached hydrogen (secondary N) is 1. The lowest BCUT2D eigenvalue weighted by atomic mass is 9.66. The van der Waals surface area contributed by atoms with Crippen molar-refractivity contribution in [2.24, 2.45) is 11.3 Å². The average molecular weight is 446 g/mol. The first-order chi connectivity index (χ1) is 14.3. The Labute approximate surface area is 186 Å². The molecule has 2 aromatic carbocycles. The Morgan fingerprint density at radius 2 is 1.87 bits per heavy atom. The largest absolute Gasteiger partial charge is 0.481 e. The van der Waals surface area contributed by atoms with Gasteiger partial charge < -0.3 is 10.4 Å². The van der Waals surface area contributed by atoms with Gasteiger partial charge in [-0.3, -0.25) is 9.59 Å². The minimum Gasteiger partial charge on any atom is -0.481 e. The van der Waals surface area contributed by atoms with Crippen molar-refractivity contribution in [1.82, 2.24) is 5.32 Å². The topological polar surface area (TPSA) is 66.4 Å². The second kappa shape index (κ2) is 8.24. The lowest BCUT2D eigenvalue weighted by molar-refractivity contribution is -0.147. The highest BCUT2D eigenvalue weighted by Crippen LogP contribution is 2.52. The van der Waals surface area contributed by atoms with Gasteiger partial charge in [0.15, 0.2) is 0 Å². The minimum atomic E-state index is -0.969. The smallest absolute Gasteiger partial charge is 0.304 e. The standard InChI is InChI=1S/C24H25Cl2NO3/c1-24(13-20(28)29)12-19(16-3-2-4-18(26)11-16)22(27-23(24)30)21(14-5-6-14)15-7-9-17(25)10-8-15/h2-4,7-11,14,19,21-22H,5-6,12-13H2,1H3,(H,27,30)(H,28,29)/t19-,21?,22+,24+/m1/s1. The molecule has 0 bridgehead atoms. The summed E-state index contributed by atoms with van der Waals surface area (Å²) in [6.45, 7) is 1.75. The molecule has 158 valence electrons. The number of halogens is 2. The van der Waals surface area contributed by atoms with E-state index in [9.17, 15) is 14.7 Å². The molecule has 30 heavy (non-hydrogen) atoms. The molecule has 1 unspecified atom stereocenters. The highest BCUT2D eigenvalue weighted by atomic mass is 35.5. The number of amides is 1. The Morgan fingerprint density at radius 3 is 2.47 bits per heavy atom. The van der Waals surface area contributed by atoms with Gasteiger partial charge in [-0.2, -0.15) is 0 Å². The van der Waals surface area contributed by atoms with Crippen LogP contribution in [0.4, 0.5) is 0 Å². The third-order valence-electron chi connectivity index (χ3n) is 6.54. The van der Waals surface area contributed by atoms with E-state index in [4.69, 9.17) is 23.2 Å². The molecule has 1 saturated heterocycles. The molecule has 1 aliphatic carbocycles. The van der Waals surface area contributed by atoms with Crippen LogP contribution in [0.5, 0.6) is 0 Å². The first kappa shape index (κ1) is 21.2. The number of rotatable bonds is 6. The van der Waals surface area contributed by atoms with Crippen LogP contribution in [0, 0.1) is 11.3 Å². The average Bonchev–Trinajstić information content (AvgIpc) is 3.51. The summed E-state index contributed by atoms with van der Waals surface area (Å²) in [7, 11) is 0. The predicted molar refractivity (Wildman–Crippen MR) is 118 cm³/mol. The summed E-state index contributed by atoms with van der Waals surface area (Å²) in [6.07, 6.45) is 2.51. The lowest BCUT2D eigenvalue weighted by Crippen LogP contribution is -2.56. The summed E-state index contributed by atoms with van der Waals surface area (Å²) in [5, 5.41) is 14.0. The normalized spacial score (nSPS) is 27.4. The summed E-state index contributed by atoms with van der Waals surface area (Å²) < 4.78 is 0. The van der Waals surface area contributed by atoms with Gasteiger partial charge in [-0.05, 0) is 60.6 Å². The number of carboxylic acids is 1. The predicted octanol–water partition coefficient (Wildman–Crippen LogP) is 5.64. The van der Waals surface area contributed by atoms with E-state index in [0.717, 1.165) is 24.0 Å². The minimum absolute atomic E-state index is 0.0352. The number of carbonyl (C=O) groups is 2. The Bertz CT molecular complexity index is 957. The zero-order chi connectivity index (χ0) is 21.5. The van der Waals surface area contributed by atoms with E-state index in [1.54, 1.807) is 6.92 Å². The van der Waals surface area contributed by atoms with E-state index in [0.29, 0.717) is 22.4 Å². The lowest BCUT2D eigenvalue weighted by Gasteiger charge is -2.45. The second-order valence-corrected chi connectivity index (χ2v) is 9.78. The van der Waals surface area contributed by atoms with Gasteiger partial charge in [-0.15, -0.1) is 0 Å². The zero-order valence-electron chi connectivity index (χ0n) is 16.8. The van der Waals surface area contributed by atoms with Crippen LogP contribution in [0.2, 0.25) is 10.0 Å². The van der Waals surface area contributed by atoms with E-state index in [2.05, 4.69) is 5.32 Å². The van der Waals surface area contributed by atoms with Gasteiger partial charge in [-0.1, -0.05) is 54.4 Å². The van der Waals surface area contributed by atoms with Gasteiger partial charge in [0.2, 0.25) is 5.91 Å². The first-order valence-electron chi connectivity index (χ1n) is 10.3. The third-order valence-corrected chi connectivity index (χ3v) is 7.03. The molecule has 0 aromatic heterocycles. The Hall–Kier alpha value is -2.04. The van der Waals surface area contributed by atoms with E-state index in [-0.39, 0.29) is 30.2 Å². The van der Waals surface area contributed by atoms with E-state index >= 15 is 0 Å². The maximum atomic E-state index is 13.1. The molecule has 1 heterocycles. The van der Waals surface area contributed by atoms with Crippen molar-refractivity contribution in [3.8, 4) is 0 Å². The molecule has 2 aliphatic rings. The van der Waals surface area contributed by atoms with Crippen LogP contribution in [0.25, 0.3) is 0 Å². The van der Waals surface area contributed by atoms with Crippen LogP contribution in [0.1, 0.15) is 55.6 Å². The van der Waals surface area contributed by atoms with Crippen LogP contribution in [0.3, 0.4) is 0 Å². The van der Waals surface area contributed by atoms with Crippen molar-refractivity contribution >= 4 is 35.1 Å². The van der Waals surface area contributed by atoms with Crippen LogP contribution in [-0.4, -0.2) is 23.0 Å². The van der Waals surface area contributed by atoms with Crippen molar-refractivity contribution in [3.05, 3.63) is 69.7 Å². The Kier molecular flexibility index (Phi) is 5.82. The van der Waals surface area contributed by atoms with E-state index < -0.39 is 11.4 Å². The van der Waals surface area contributed by atoms with Gasteiger partial charge in [0.1, 0.15) is 0 Å². The Morgan fingerprint density at radius 1 is 1.17 bits per heavy atom. The summed E-state index contributed by atoms with van der Waals surface area (Å²) in [5.41, 5.74) is 1.22. The highest BCUT2D eigenvalue weighted by molar-refractivity contribution is 6.30. The maximum absolute atomic E-state index is 13.1. The molecule has 1 aliphatic heterocycles. The van der Waals surface area contributed by atoms with Gasteiger partial charge >= 0.3 is 5.97 Å². The fourth-order valence-electron chi connectivity index (χ4n) is 4.93. The fourth-order valence-corrected chi connectivity index (χ4v) is 5.26. The van der Waals surface area contributed by atoms with Crippen molar-refractivity contribution in [2.45, 2.75) is 50.5 Å². The number of hydrogen-bond acceptors (Lipinski definition) is 2. The number of hydrogen-bond donors (Lipinski definition) is 2. The molecule has 2 aromatic rings. The van der Waals surface area contributed by atoms with Gasteiger partial charge in [0, 0.05) is 27.9 Å². The molecule has 2 N–H and O–H groups in total. The number of carbonyl (C=O) groups excluding carboxylic acids is 1. The Balaban J connectivity index is 1.76. The summed E-state index contributed by atoms with van der Waals surface area (Å²) in [6, 6.07) is 15.4. The van der Waals surface area contributed by atoms with Crippen LogP contribution in [0.15, 0.2) is 48.5 Å². The molecule has 0 radical (unpaired) electrons. The van der Waals surface area contributed by atoms with Gasteiger partial charge in [-0.25, -0.2) is 0 Å². The molecular weight excluding hydrogens is 421 g/mol. The van der Waals surface area contributed by atoms with E-state index in [1.807, 2.05) is 48.5 Å². The van der Waals surface area contributed by atoms with E-state index in [1.165, 1.54) is 0 Å². The molecular formula is C24H25Cl2NO3. The van der Waals surface area contributed by atoms with Crippen molar-refractivity contribution < 1.29 is 14.7 Å². The number of piperidine rings is 1. The highest BCUT2D eigenvalue weighted by Gasteiger charge is 2.50. The number of benzene rings is 2. The van der Waals surface area contributed by atoms with Crippen molar-refractivity contribution in [3.63, 3.8) is 0 Å². The molecule has 2 fully saturated rings. The monoisotopic (exact) mass is 445 g/mol. The number of carboxylic acid groups (broad SMARTS) is 1. The molecule has 6 heteroatoms. The van der Waals surface area contributed by atoms with Gasteiger partial charge in [0.05, 0.1) is 11.8 Å². The van der Waals surface area contributed by atoms with Crippen molar-refractivity contribution in [2.75, 3.05) is 0 Å². The summed E-state index contributed by atoms with van der Waals surface area (Å²) in [4.78, 5) is 24.6. The van der Waals surface area contributed by atoms with Crippen LogP contribution in [-0.2, 0) is 9.59 Å². The summed E-state index contributed by atoms with van der Waals surface area (Å²) >= 11 is 12.4. The van der Waals surface area contributed by atoms with Gasteiger partial charge in [0.25, 0.3) is 0 Å².